The van der Waals surface area contributed by atoms with E-state index in [1.807, 2.05) is 36.4 Å². The number of methoxy groups -OCH3 is 1. The van der Waals surface area contributed by atoms with Crippen LogP contribution in [-0.2, 0) is 11.3 Å². The second-order valence-electron chi connectivity index (χ2n) is 5.84. The van der Waals surface area contributed by atoms with E-state index < -0.39 is 0 Å². The van der Waals surface area contributed by atoms with Crippen molar-refractivity contribution in [3.63, 3.8) is 0 Å². The molecule has 0 spiro atoms. The molecule has 1 heterocycles. The minimum Gasteiger partial charge on any atom is -0.497 e. The Labute approximate surface area is 154 Å². The van der Waals surface area contributed by atoms with Gasteiger partial charge >= 0.3 is 0 Å². The maximum Gasteiger partial charge on any atom is 0.251 e. The van der Waals surface area contributed by atoms with Crippen LogP contribution in [0, 0.1) is 13.8 Å². The molecule has 0 atom stereocenters. The molecule has 0 bridgehead atoms. The second-order valence-corrected chi connectivity index (χ2v) is 5.84. The summed E-state index contributed by atoms with van der Waals surface area (Å²) in [6.07, 6.45) is 0. The van der Waals surface area contributed by atoms with Crippen molar-refractivity contribution in [3.8, 4) is 5.75 Å². The van der Waals surface area contributed by atoms with E-state index in [9.17, 15) is 4.79 Å². The Balaban J connectivity index is 0.00000225. The number of rotatable bonds is 4. The number of aryl methyl sites for hydroxylation is 1. The molecule has 1 aliphatic rings. The molecule has 2 aromatic rings. The molecule has 0 radical (unpaired) electrons. The summed E-state index contributed by atoms with van der Waals surface area (Å²) in [6, 6.07) is 13.8. The van der Waals surface area contributed by atoms with Gasteiger partial charge in [0.15, 0.2) is 0 Å². The largest absolute Gasteiger partial charge is 0.497 e. The Morgan fingerprint density at radius 1 is 1.16 bits per heavy atom. The Hall–Kier alpha value is -2.53. The highest BCUT2D eigenvalue weighted by molar-refractivity contribution is 6.09. The van der Waals surface area contributed by atoms with Gasteiger partial charge in [-0.2, -0.15) is 0 Å². The van der Waals surface area contributed by atoms with E-state index in [0.717, 1.165) is 22.6 Å². The van der Waals surface area contributed by atoms with Crippen molar-refractivity contribution in [3.05, 3.63) is 59.2 Å². The molecule has 132 valence electrons. The van der Waals surface area contributed by atoms with E-state index >= 15 is 0 Å². The highest BCUT2D eigenvalue weighted by Crippen LogP contribution is 2.21. The van der Waals surface area contributed by atoms with Crippen molar-refractivity contribution in [1.29, 1.82) is 0 Å². The summed E-state index contributed by atoms with van der Waals surface area (Å²) in [5.41, 5.74) is 4.36. The highest BCUT2D eigenvalue weighted by Gasteiger charge is 2.26. The number of hydrogen-bond donors (Lipinski definition) is 1. The van der Waals surface area contributed by atoms with Crippen LogP contribution in [-0.4, -0.2) is 30.4 Å². The fraction of sp³-hybridized carbons (Fsp3) is 0.263. The van der Waals surface area contributed by atoms with Gasteiger partial charge in [0.25, 0.3) is 5.91 Å². The molecule has 1 aliphatic heterocycles. The van der Waals surface area contributed by atoms with Crippen LogP contribution < -0.4 is 10.1 Å². The molecule has 0 fully saturated rings. The lowest BCUT2D eigenvalue weighted by atomic mass is 10.1. The lowest BCUT2D eigenvalue weighted by Gasteiger charge is -2.21. The van der Waals surface area contributed by atoms with Crippen molar-refractivity contribution in [2.45, 2.75) is 20.4 Å². The summed E-state index contributed by atoms with van der Waals surface area (Å²) in [5, 5.41) is 3.30. The second kappa shape index (κ2) is 8.03. The van der Waals surface area contributed by atoms with Crippen LogP contribution in [0.1, 0.15) is 16.7 Å². The van der Waals surface area contributed by atoms with Gasteiger partial charge in [0.2, 0.25) is 5.96 Å². The lowest BCUT2D eigenvalue weighted by molar-refractivity contribution is -0.125. The topological polar surface area (TPSA) is 53.9 Å². The van der Waals surface area contributed by atoms with Gasteiger partial charge in [-0.15, -0.1) is 12.4 Å². The van der Waals surface area contributed by atoms with E-state index in [2.05, 4.69) is 30.2 Å². The van der Waals surface area contributed by atoms with Gasteiger partial charge in [0.05, 0.1) is 13.7 Å². The molecule has 5 nitrogen and oxygen atoms in total. The van der Waals surface area contributed by atoms with E-state index in [1.165, 1.54) is 5.56 Å². The average Bonchev–Trinajstić information content (AvgIpc) is 2.93. The molecule has 0 saturated heterocycles. The maximum atomic E-state index is 12.2. The first kappa shape index (κ1) is 18.8. The van der Waals surface area contributed by atoms with E-state index in [1.54, 1.807) is 12.0 Å². The molecule has 3 rings (SSSR count). The SMILES string of the molecule is COc1ccc(CN2C(=O)CN=C2Nc2cccc(C)c2C)cc1.Cl. The zero-order chi connectivity index (χ0) is 17.1. The Kier molecular flexibility index (Phi) is 6.04. The molecular weight excluding hydrogens is 338 g/mol. The van der Waals surface area contributed by atoms with Crippen LogP contribution >= 0.6 is 12.4 Å². The maximum absolute atomic E-state index is 12.2. The molecule has 2 aromatic carbocycles. The van der Waals surface area contributed by atoms with Crippen molar-refractivity contribution in [2.75, 3.05) is 19.0 Å². The quantitative estimate of drug-likeness (QED) is 0.908. The molecule has 1 N–H and O–H groups in total. The predicted molar refractivity (Wildman–Crippen MR) is 103 cm³/mol. The number of anilines is 1. The molecule has 0 unspecified atom stereocenters. The normalized spacial score (nSPS) is 13.3. The Morgan fingerprint density at radius 2 is 1.88 bits per heavy atom. The van der Waals surface area contributed by atoms with Crippen LogP contribution in [0.15, 0.2) is 47.5 Å². The summed E-state index contributed by atoms with van der Waals surface area (Å²) in [6.45, 7) is 4.79. The third-order valence-corrected chi connectivity index (χ3v) is 4.27. The van der Waals surface area contributed by atoms with Crippen LogP contribution in [0.5, 0.6) is 5.75 Å². The third-order valence-electron chi connectivity index (χ3n) is 4.27. The first-order valence-electron chi connectivity index (χ1n) is 7.89. The summed E-state index contributed by atoms with van der Waals surface area (Å²) in [7, 11) is 1.64. The number of carbonyl (C=O) groups excluding carboxylic acids is 1. The van der Waals surface area contributed by atoms with Gasteiger partial charge in [-0.25, -0.2) is 4.99 Å². The fourth-order valence-corrected chi connectivity index (χ4v) is 2.62. The smallest absolute Gasteiger partial charge is 0.251 e. The molecule has 0 aromatic heterocycles. The van der Waals surface area contributed by atoms with Crippen molar-refractivity contribution in [2.24, 2.45) is 4.99 Å². The monoisotopic (exact) mass is 359 g/mol. The van der Waals surface area contributed by atoms with Gasteiger partial charge in [0.1, 0.15) is 12.3 Å². The minimum absolute atomic E-state index is 0. The Bertz CT molecular complexity index is 788. The summed E-state index contributed by atoms with van der Waals surface area (Å²) in [5.74, 6) is 1.40. The van der Waals surface area contributed by atoms with Crippen LogP contribution in [0.2, 0.25) is 0 Å². The van der Waals surface area contributed by atoms with Crippen LogP contribution in [0.4, 0.5) is 5.69 Å². The third kappa shape index (κ3) is 4.12. The number of ether oxygens (including phenoxy) is 1. The molecule has 25 heavy (non-hydrogen) atoms. The lowest BCUT2D eigenvalue weighted by Crippen LogP contribution is -2.36. The highest BCUT2D eigenvalue weighted by atomic mass is 35.5. The van der Waals surface area contributed by atoms with Gasteiger partial charge in [0, 0.05) is 5.69 Å². The number of amides is 1. The van der Waals surface area contributed by atoms with Gasteiger partial charge in [-0.05, 0) is 48.7 Å². The van der Waals surface area contributed by atoms with Gasteiger partial charge in [-0.3, -0.25) is 9.69 Å². The molecule has 6 heteroatoms. The van der Waals surface area contributed by atoms with Gasteiger partial charge in [-0.1, -0.05) is 24.3 Å². The molecule has 1 amide bonds. The number of nitrogens with one attached hydrogen (secondary N) is 1. The number of hydrogen-bond acceptors (Lipinski definition) is 4. The van der Waals surface area contributed by atoms with E-state index in [0.29, 0.717) is 12.5 Å². The fourth-order valence-electron chi connectivity index (χ4n) is 2.62. The van der Waals surface area contributed by atoms with Crippen molar-refractivity contribution in [1.82, 2.24) is 4.90 Å². The number of carbonyl (C=O) groups is 1. The molecule has 0 saturated carbocycles. The number of nitrogens with zero attached hydrogens (tertiary/aromatic N) is 2. The summed E-state index contributed by atoms with van der Waals surface area (Å²) in [4.78, 5) is 18.2. The zero-order valence-corrected chi connectivity index (χ0v) is 15.4. The number of guanidine groups is 1. The van der Waals surface area contributed by atoms with Crippen LogP contribution in [0.25, 0.3) is 0 Å². The van der Waals surface area contributed by atoms with Gasteiger partial charge < -0.3 is 10.1 Å². The first-order chi connectivity index (χ1) is 11.6. The minimum atomic E-state index is -0.00127. The standard InChI is InChI=1S/C19H21N3O2.ClH/c1-13-5-4-6-17(14(13)2)21-19-20-11-18(23)22(19)12-15-7-9-16(24-3)10-8-15;/h4-10H,11-12H2,1-3H3,(H,20,21);1H. The van der Waals surface area contributed by atoms with E-state index in [4.69, 9.17) is 4.74 Å². The molecule has 0 aliphatic carbocycles. The summed E-state index contributed by atoms with van der Waals surface area (Å²) >= 11 is 0. The molecular formula is C19H22ClN3O2. The van der Waals surface area contributed by atoms with E-state index in [-0.39, 0.29) is 24.9 Å². The van der Waals surface area contributed by atoms with Crippen LogP contribution in [0.3, 0.4) is 0 Å². The van der Waals surface area contributed by atoms with Crippen molar-refractivity contribution >= 4 is 30.0 Å². The summed E-state index contributed by atoms with van der Waals surface area (Å²) < 4.78 is 5.17. The zero-order valence-electron chi connectivity index (χ0n) is 14.6. The van der Waals surface area contributed by atoms with Crippen molar-refractivity contribution < 1.29 is 9.53 Å². The number of aliphatic imine (C=N–C) groups is 1. The Morgan fingerprint density at radius 3 is 2.56 bits per heavy atom. The predicted octanol–water partition coefficient (Wildman–Crippen LogP) is 3.54. The first-order valence-corrected chi connectivity index (χ1v) is 7.89. The number of benzene rings is 2. The average molecular weight is 360 g/mol. The number of halogens is 1.